The average molecular weight is 447 g/mol. The second kappa shape index (κ2) is 9.46. The summed E-state index contributed by atoms with van der Waals surface area (Å²) in [6.07, 6.45) is -1.06. The highest BCUT2D eigenvalue weighted by atomic mass is 35.6. The van der Waals surface area contributed by atoms with Gasteiger partial charge in [0.05, 0.1) is 7.11 Å². The van der Waals surface area contributed by atoms with Gasteiger partial charge < -0.3 is 20.7 Å². The Bertz CT molecular complexity index is 810. The molecule has 1 atom stereocenters. The summed E-state index contributed by atoms with van der Waals surface area (Å²) in [5.74, 6) is 0.0912. The molecule has 1 amide bonds. The molecule has 0 fully saturated rings. The number of ether oxygens (including phenoxy) is 1. The van der Waals surface area contributed by atoms with Crippen molar-refractivity contribution < 1.29 is 9.53 Å². The molecule has 0 aliphatic heterocycles. The third-order valence-electron chi connectivity index (χ3n) is 3.52. The molecule has 0 saturated carbocycles. The summed E-state index contributed by atoms with van der Waals surface area (Å²) in [4.78, 5) is 12.5. The summed E-state index contributed by atoms with van der Waals surface area (Å²) in [6, 6.07) is 14.2. The van der Waals surface area contributed by atoms with E-state index >= 15 is 0 Å². The number of rotatable bonds is 5. The number of hydrogen-bond acceptors (Lipinski definition) is 3. The molecule has 0 aliphatic rings. The first-order valence-electron chi connectivity index (χ1n) is 7.85. The summed E-state index contributed by atoms with van der Waals surface area (Å²) in [5, 5.41) is 8.60. The molecule has 0 aliphatic carbocycles. The van der Waals surface area contributed by atoms with E-state index in [4.69, 9.17) is 51.8 Å². The zero-order valence-corrected chi connectivity index (χ0v) is 17.6. The van der Waals surface area contributed by atoms with Crippen molar-refractivity contribution in [2.45, 2.75) is 16.9 Å². The van der Waals surface area contributed by atoms with Crippen LogP contribution >= 0.6 is 47.0 Å². The van der Waals surface area contributed by atoms with Crippen LogP contribution in [0.1, 0.15) is 15.9 Å². The Labute approximate surface area is 178 Å². The van der Waals surface area contributed by atoms with Gasteiger partial charge in [0.25, 0.3) is 5.91 Å². The summed E-state index contributed by atoms with van der Waals surface area (Å²) in [7, 11) is 1.51. The number of amides is 1. The number of carbonyl (C=O) groups excluding carboxylic acids is 1. The molecular weight excluding hydrogens is 429 g/mol. The van der Waals surface area contributed by atoms with Crippen LogP contribution in [0.3, 0.4) is 0 Å². The molecule has 0 heterocycles. The molecule has 0 bridgehead atoms. The molecule has 0 radical (unpaired) electrons. The van der Waals surface area contributed by atoms with E-state index in [2.05, 4.69) is 16.0 Å². The number of carbonyl (C=O) groups is 1. The number of hydrogen-bond donors (Lipinski definition) is 3. The first-order chi connectivity index (χ1) is 12.7. The van der Waals surface area contributed by atoms with Crippen molar-refractivity contribution >= 4 is 63.7 Å². The van der Waals surface area contributed by atoms with Crippen LogP contribution in [0.15, 0.2) is 48.5 Å². The minimum Gasteiger partial charge on any atom is -0.497 e. The largest absolute Gasteiger partial charge is 0.497 e. The SMILES string of the molecule is COc1cccc(C(=O)NC(NC(=S)Nc2ccc(C)cc2)C(Cl)(Cl)Cl)c1. The number of halogens is 3. The molecular formula is C18H18Cl3N3O2S. The quantitative estimate of drug-likeness (QED) is 0.361. The lowest BCUT2D eigenvalue weighted by Gasteiger charge is -2.27. The molecule has 0 saturated heterocycles. The Morgan fingerprint density at radius 2 is 1.78 bits per heavy atom. The Balaban J connectivity index is 2.07. The molecule has 3 N–H and O–H groups in total. The first kappa shape index (κ1) is 21.6. The van der Waals surface area contributed by atoms with Gasteiger partial charge in [0, 0.05) is 11.3 Å². The maximum atomic E-state index is 12.5. The van der Waals surface area contributed by atoms with Gasteiger partial charge in [-0.3, -0.25) is 4.79 Å². The highest BCUT2D eigenvalue weighted by molar-refractivity contribution is 7.80. The van der Waals surface area contributed by atoms with E-state index in [9.17, 15) is 4.79 Å². The molecule has 27 heavy (non-hydrogen) atoms. The van der Waals surface area contributed by atoms with Crippen LogP contribution in [0, 0.1) is 6.92 Å². The van der Waals surface area contributed by atoms with Gasteiger partial charge in [-0.2, -0.15) is 0 Å². The van der Waals surface area contributed by atoms with E-state index in [0.29, 0.717) is 11.3 Å². The standard InChI is InChI=1S/C18H18Cl3N3O2S/c1-11-6-8-13(9-7-11)22-17(27)24-16(18(19,20)21)23-15(25)12-4-3-5-14(10-12)26-2/h3-10,16H,1-2H3,(H,23,25)(H2,22,24,27). The maximum Gasteiger partial charge on any atom is 0.253 e. The van der Waals surface area contributed by atoms with E-state index in [1.54, 1.807) is 24.3 Å². The normalized spacial score (nSPS) is 12.0. The monoisotopic (exact) mass is 445 g/mol. The minimum absolute atomic E-state index is 0.195. The van der Waals surface area contributed by atoms with Crippen LogP contribution in [-0.2, 0) is 0 Å². The lowest BCUT2D eigenvalue weighted by atomic mass is 10.2. The van der Waals surface area contributed by atoms with Gasteiger partial charge in [-0.1, -0.05) is 58.6 Å². The Hall–Kier alpha value is -1.73. The summed E-state index contributed by atoms with van der Waals surface area (Å²) in [5.41, 5.74) is 2.23. The van der Waals surface area contributed by atoms with Crippen LogP contribution in [0.4, 0.5) is 5.69 Å². The zero-order chi connectivity index (χ0) is 20.0. The number of anilines is 1. The minimum atomic E-state index is -1.84. The average Bonchev–Trinajstić information content (AvgIpc) is 2.62. The lowest BCUT2D eigenvalue weighted by molar-refractivity contribution is 0.0934. The second-order valence-corrected chi connectivity index (χ2v) is 8.42. The van der Waals surface area contributed by atoms with Gasteiger partial charge in [0.1, 0.15) is 11.9 Å². The number of aryl methyl sites for hydroxylation is 1. The molecule has 9 heteroatoms. The Morgan fingerprint density at radius 1 is 1.11 bits per heavy atom. The van der Waals surface area contributed by atoms with Gasteiger partial charge in [-0.15, -0.1) is 0 Å². The van der Waals surface area contributed by atoms with Crippen molar-refractivity contribution in [3.8, 4) is 5.75 Å². The fourth-order valence-electron chi connectivity index (χ4n) is 2.11. The topological polar surface area (TPSA) is 62.4 Å². The summed E-state index contributed by atoms with van der Waals surface area (Å²) < 4.78 is 3.27. The first-order valence-corrected chi connectivity index (χ1v) is 9.39. The molecule has 144 valence electrons. The van der Waals surface area contributed by atoms with Crippen LogP contribution < -0.4 is 20.7 Å². The Kier molecular flexibility index (Phi) is 7.56. The zero-order valence-electron chi connectivity index (χ0n) is 14.6. The van der Waals surface area contributed by atoms with E-state index in [0.717, 1.165) is 11.3 Å². The highest BCUT2D eigenvalue weighted by Crippen LogP contribution is 2.29. The maximum absolute atomic E-state index is 12.5. The van der Waals surface area contributed by atoms with E-state index in [1.165, 1.54) is 7.11 Å². The van der Waals surface area contributed by atoms with Gasteiger partial charge in [-0.05, 0) is 49.5 Å². The highest BCUT2D eigenvalue weighted by Gasteiger charge is 2.35. The van der Waals surface area contributed by atoms with E-state index < -0.39 is 15.9 Å². The predicted molar refractivity (Wildman–Crippen MR) is 115 cm³/mol. The van der Waals surface area contributed by atoms with E-state index in [-0.39, 0.29) is 5.11 Å². The van der Waals surface area contributed by atoms with Crippen molar-refractivity contribution in [3.63, 3.8) is 0 Å². The number of nitrogens with one attached hydrogen (secondary N) is 3. The third-order valence-corrected chi connectivity index (χ3v) is 4.39. The second-order valence-electron chi connectivity index (χ2n) is 5.64. The number of thiocarbonyl (C=S) groups is 1. The predicted octanol–water partition coefficient (Wildman–Crippen LogP) is 4.42. The molecule has 0 spiro atoms. The number of benzene rings is 2. The number of alkyl halides is 3. The van der Waals surface area contributed by atoms with Gasteiger partial charge in [0.15, 0.2) is 5.11 Å². The molecule has 2 rings (SSSR count). The van der Waals surface area contributed by atoms with Crippen LogP contribution in [0.2, 0.25) is 0 Å². The van der Waals surface area contributed by atoms with Crippen molar-refractivity contribution in [2.24, 2.45) is 0 Å². The van der Waals surface area contributed by atoms with Crippen LogP contribution in [-0.4, -0.2) is 28.1 Å². The fourth-order valence-corrected chi connectivity index (χ4v) is 2.68. The summed E-state index contributed by atoms with van der Waals surface area (Å²) in [6.45, 7) is 1.98. The van der Waals surface area contributed by atoms with E-state index in [1.807, 2.05) is 31.2 Å². The van der Waals surface area contributed by atoms with Crippen molar-refractivity contribution in [1.82, 2.24) is 10.6 Å². The molecule has 2 aromatic carbocycles. The van der Waals surface area contributed by atoms with Gasteiger partial charge >= 0.3 is 0 Å². The fraction of sp³-hybridized carbons (Fsp3) is 0.222. The third kappa shape index (κ3) is 6.74. The molecule has 0 aromatic heterocycles. The van der Waals surface area contributed by atoms with Gasteiger partial charge in [-0.25, -0.2) is 0 Å². The molecule has 5 nitrogen and oxygen atoms in total. The number of methoxy groups -OCH3 is 1. The van der Waals surface area contributed by atoms with Gasteiger partial charge in [0.2, 0.25) is 3.79 Å². The lowest BCUT2D eigenvalue weighted by Crippen LogP contribution is -2.56. The Morgan fingerprint density at radius 3 is 2.37 bits per heavy atom. The smallest absolute Gasteiger partial charge is 0.253 e. The summed E-state index contributed by atoms with van der Waals surface area (Å²) >= 11 is 23.2. The van der Waals surface area contributed by atoms with Crippen molar-refractivity contribution in [3.05, 3.63) is 59.7 Å². The van der Waals surface area contributed by atoms with Crippen LogP contribution in [0.25, 0.3) is 0 Å². The van der Waals surface area contributed by atoms with Crippen molar-refractivity contribution in [1.29, 1.82) is 0 Å². The molecule has 2 aromatic rings. The molecule has 1 unspecified atom stereocenters. The van der Waals surface area contributed by atoms with Crippen molar-refractivity contribution in [2.75, 3.05) is 12.4 Å². The van der Waals surface area contributed by atoms with Crippen LogP contribution in [0.5, 0.6) is 5.75 Å².